The van der Waals surface area contributed by atoms with Gasteiger partial charge in [-0.05, 0) is 70.1 Å². The number of aliphatic hydroxyl groups is 1. The van der Waals surface area contributed by atoms with Crippen LogP contribution in [0.15, 0.2) is 120 Å². The fraction of sp³-hybridized carbons (Fsp3) is 0.326. The van der Waals surface area contributed by atoms with Gasteiger partial charge in [0.05, 0.1) is 20.8 Å². The normalized spacial score (nSPS) is 18.5. The number of hydrogen-bond acceptors (Lipinski definition) is 10. The molecule has 6 rings (SSSR count). The maximum atomic E-state index is 13.3. The summed E-state index contributed by atoms with van der Waals surface area (Å²) in [6.45, 7) is 6.02. The first kappa shape index (κ1) is 39.2. The van der Waals surface area contributed by atoms with Crippen molar-refractivity contribution in [1.82, 2.24) is 9.55 Å². The quantitative estimate of drug-likeness (QED) is 0.133. The van der Waals surface area contributed by atoms with E-state index >= 15 is 0 Å². The second-order valence-corrected chi connectivity index (χ2v) is 14.2. The molecule has 0 saturated carbocycles. The maximum Gasteiger partial charge on any atom is 0.351 e. The molecular formula is C43H47N3O9. The second-order valence-electron chi connectivity index (χ2n) is 14.2. The Kier molecular flexibility index (Phi) is 12.0. The Hall–Kier alpha value is -5.53. The molecule has 2 N–H and O–H groups in total. The number of carbonyl (C=O) groups excluding carboxylic acids is 1. The summed E-state index contributed by atoms with van der Waals surface area (Å²) in [5.74, 6) is 1.45. The Labute approximate surface area is 320 Å². The number of hydrogen-bond donors (Lipinski definition) is 2. The van der Waals surface area contributed by atoms with E-state index in [1.165, 1.54) is 19.4 Å². The Bertz CT molecular complexity index is 2030. The number of anilines is 1. The molecule has 5 aromatic rings. The third kappa shape index (κ3) is 8.58. The predicted molar refractivity (Wildman–Crippen MR) is 207 cm³/mol. The van der Waals surface area contributed by atoms with E-state index in [1.807, 2.05) is 103 Å². The number of carbonyl (C=O) groups is 1. The number of rotatable bonds is 14. The van der Waals surface area contributed by atoms with E-state index in [-0.39, 0.29) is 24.4 Å². The fourth-order valence-corrected chi connectivity index (χ4v) is 6.71. The minimum absolute atomic E-state index is 0.00942. The summed E-state index contributed by atoms with van der Waals surface area (Å²) in [5, 5.41) is 14.0. The van der Waals surface area contributed by atoms with E-state index in [2.05, 4.69) is 31.1 Å². The zero-order valence-corrected chi connectivity index (χ0v) is 31.8. The van der Waals surface area contributed by atoms with Crippen LogP contribution in [-0.4, -0.2) is 73.4 Å². The molecule has 2 heterocycles. The van der Waals surface area contributed by atoms with Gasteiger partial charge in [-0.25, -0.2) is 4.79 Å². The zero-order valence-electron chi connectivity index (χ0n) is 31.8. The summed E-state index contributed by atoms with van der Waals surface area (Å²) in [4.78, 5) is 30.0. The average molecular weight is 750 g/mol. The van der Waals surface area contributed by atoms with Crippen LogP contribution in [-0.2, 0) is 30.0 Å². The molecule has 1 aliphatic heterocycles. The second kappa shape index (κ2) is 16.9. The Morgan fingerprint density at radius 2 is 1.33 bits per heavy atom. The van der Waals surface area contributed by atoms with Crippen molar-refractivity contribution in [3.63, 3.8) is 0 Å². The topological polar surface area (TPSA) is 140 Å². The maximum absolute atomic E-state index is 13.3. The Morgan fingerprint density at radius 1 is 0.782 bits per heavy atom. The van der Waals surface area contributed by atoms with E-state index in [1.54, 1.807) is 14.2 Å². The van der Waals surface area contributed by atoms with Crippen LogP contribution < -0.4 is 25.2 Å². The van der Waals surface area contributed by atoms with Crippen molar-refractivity contribution in [3.8, 4) is 17.2 Å². The number of aliphatic hydroxyl groups excluding tert-OH is 1. The first-order valence-corrected chi connectivity index (χ1v) is 17.9. The number of nitrogens with one attached hydrogen (secondary N) is 1. The van der Waals surface area contributed by atoms with Crippen molar-refractivity contribution in [1.29, 1.82) is 0 Å². The van der Waals surface area contributed by atoms with Gasteiger partial charge >= 0.3 is 5.69 Å². The summed E-state index contributed by atoms with van der Waals surface area (Å²) >= 11 is 0. The van der Waals surface area contributed by atoms with Crippen LogP contribution in [0.5, 0.6) is 17.2 Å². The Balaban J connectivity index is 1.21. The highest BCUT2D eigenvalue weighted by molar-refractivity contribution is 5.90. The molecule has 0 bridgehead atoms. The molecule has 1 aromatic heterocycles. The number of methoxy groups -OCH3 is 3. The van der Waals surface area contributed by atoms with Gasteiger partial charge < -0.3 is 38.8 Å². The summed E-state index contributed by atoms with van der Waals surface area (Å²) in [6.07, 6.45) is -2.69. The summed E-state index contributed by atoms with van der Waals surface area (Å²) in [7, 11) is 4.68. The highest BCUT2D eigenvalue weighted by Crippen LogP contribution is 2.43. The minimum Gasteiger partial charge on any atom is -0.497 e. The molecule has 1 fully saturated rings. The lowest BCUT2D eigenvalue weighted by Crippen LogP contribution is -2.40. The summed E-state index contributed by atoms with van der Waals surface area (Å²) in [5.41, 5.74) is 1.71. The number of amides is 1. The van der Waals surface area contributed by atoms with E-state index in [0.29, 0.717) is 17.2 Å². The molecule has 1 aliphatic rings. The third-order valence-electron chi connectivity index (χ3n) is 9.68. The molecule has 0 aliphatic carbocycles. The zero-order chi connectivity index (χ0) is 39.2. The van der Waals surface area contributed by atoms with Crippen LogP contribution in [0.4, 0.5) is 5.82 Å². The van der Waals surface area contributed by atoms with Crippen molar-refractivity contribution in [2.24, 2.45) is 0 Å². The van der Waals surface area contributed by atoms with Crippen molar-refractivity contribution in [2.75, 3.05) is 39.9 Å². The molecular weight excluding hydrogens is 702 g/mol. The first-order chi connectivity index (χ1) is 26.5. The standard InChI is InChI=1S/C43H47N3O9/c1-42(2,3)28-12-22-34(23-13-28)53-27-37(47)44-36-24-25-46(41(49)45-36)40-38(48)39(52-6)35(55-40)26-54-43(29-10-8-7-9-11-29,30-14-18-32(50-4)19-15-30)31-16-20-33(51-5)21-17-31/h7-25,35,38-40,48H,26-27H2,1-6H3,(H,44,45,47,49)/t35-,38-,39?,40-/m1/s1. The van der Waals surface area contributed by atoms with Gasteiger partial charge in [-0.15, -0.1) is 0 Å². The molecule has 0 radical (unpaired) electrons. The van der Waals surface area contributed by atoms with E-state index in [9.17, 15) is 14.7 Å². The predicted octanol–water partition coefficient (Wildman–Crippen LogP) is 5.86. The van der Waals surface area contributed by atoms with Crippen molar-refractivity contribution >= 4 is 11.7 Å². The van der Waals surface area contributed by atoms with E-state index < -0.39 is 41.7 Å². The van der Waals surface area contributed by atoms with Gasteiger partial charge in [-0.2, -0.15) is 4.98 Å². The van der Waals surface area contributed by atoms with Gasteiger partial charge in [0.1, 0.15) is 47.0 Å². The van der Waals surface area contributed by atoms with E-state index in [0.717, 1.165) is 26.8 Å². The highest BCUT2D eigenvalue weighted by atomic mass is 16.6. The van der Waals surface area contributed by atoms with Crippen LogP contribution in [0, 0.1) is 0 Å². The smallest absolute Gasteiger partial charge is 0.351 e. The SMILES string of the molecule is COc1ccc(C(OC[C@H]2O[C@@H](n3ccc(NC(=O)COc4ccc(C(C)(C)C)cc4)nc3=O)[C@H](O)C2OC)(c2ccccc2)c2ccc(OC)cc2)cc1. The van der Waals surface area contributed by atoms with Crippen LogP contribution in [0.1, 0.15) is 49.3 Å². The lowest BCUT2D eigenvalue weighted by atomic mass is 9.80. The molecule has 0 spiro atoms. The number of benzene rings is 4. The first-order valence-electron chi connectivity index (χ1n) is 17.9. The van der Waals surface area contributed by atoms with Crippen LogP contribution in [0.2, 0.25) is 0 Å². The Morgan fingerprint density at radius 3 is 1.85 bits per heavy atom. The molecule has 55 heavy (non-hydrogen) atoms. The van der Waals surface area contributed by atoms with Crippen LogP contribution in [0.25, 0.3) is 0 Å². The van der Waals surface area contributed by atoms with Crippen LogP contribution >= 0.6 is 0 Å². The lowest BCUT2D eigenvalue weighted by Gasteiger charge is -2.37. The van der Waals surface area contributed by atoms with Gasteiger partial charge in [0, 0.05) is 13.3 Å². The molecule has 12 nitrogen and oxygen atoms in total. The minimum atomic E-state index is -1.26. The molecule has 4 atom stereocenters. The average Bonchev–Trinajstić information content (AvgIpc) is 3.52. The molecule has 1 amide bonds. The number of ether oxygens (including phenoxy) is 6. The van der Waals surface area contributed by atoms with Gasteiger partial charge in [-0.1, -0.05) is 87.5 Å². The summed E-state index contributed by atoms with van der Waals surface area (Å²) < 4.78 is 36.8. The molecule has 1 saturated heterocycles. The van der Waals surface area contributed by atoms with Gasteiger partial charge in [0.25, 0.3) is 5.91 Å². The monoisotopic (exact) mass is 749 g/mol. The van der Waals surface area contributed by atoms with E-state index in [4.69, 9.17) is 28.4 Å². The molecule has 288 valence electrons. The molecule has 1 unspecified atom stereocenters. The number of aromatic nitrogens is 2. The molecule has 12 heteroatoms. The largest absolute Gasteiger partial charge is 0.497 e. The third-order valence-corrected chi connectivity index (χ3v) is 9.68. The highest BCUT2D eigenvalue weighted by Gasteiger charge is 2.47. The van der Waals surface area contributed by atoms with Gasteiger partial charge in [0.2, 0.25) is 0 Å². The lowest BCUT2D eigenvalue weighted by molar-refractivity contribution is -0.118. The van der Waals surface area contributed by atoms with Gasteiger partial charge in [-0.3, -0.25) is 9.36 Å². The van der Waals surface area contributed by atoms with Gasteiger partial charge in [0.15, 0.2) is 12.8 Å². The fourth-order valence-electron chi connectivity index (χ4n) is 6.71. The summed E-state index contributed by atoms with van der Waals surface area (Å²) in [6, 6.07) is 34.0. The van der Waals surface area contributed by atoms with Crippen molar-refractivity contribution in [2.45, 2.75) is 56.3 Å². The van der Waals surface area contributed by atoms with Crippen molar-refractivity contribution < 1.29 is 38.3 Å². The molecule has 4 aromatic carbocycles. The number of nitrogens with zero attached hydrogens (tertiary/aromatic N) is 2. The van der Waals surface area contributed by atoms with Crippen LogP contribution in [0.3, 0.4) is 0 Å². The van der Waals surface area contributed by atoms with Crippen molar-refractivity contribution in [3.05, 3.63) is 148 Å².